The number of rotatable bonds is 5. The van der Waals surface area contributed by atoms with E-state index in [2.05, 4.69) is 10.3 Å². The normalized spacial score (nSPS) is 20.1. The summed E-state index contributed by atoms with van der Waals surface area (Å²) in [6.07, 6.45) is 4.41. The van der Waals surface area contributed by atoms with E-state index in [0.29, 0.717) is 12.5 Å². The zero-order valence-corrected chi connectivity index (χ0v) is 9.26. The highest BCUT2D eigenvalue weighted by Crippen LogP contribution is 2.10. The van der Waals surface area contributed by atoms with Gasteiger partial charge < -0.3 is 10.1 Å². The predicted molar refractivity (Wildman–Crippen MR) is 60.3 cm³/mol. The number of hydrogen-bond acceptors (Lipinski definition) is 4. The van der Waals surface area contributed by atoms with Gasteiger partial charge in [-0.05, 0) is 18.4 Å². The third kappa shape index (κ3) is 3.15. The van der Waals surface area contributed by atoms with Gasteiger partial charge >= 0.3 is 5.69 Å². The summed E-state index contributed by atoms with van der Waals surface area (Å²) in [5.41, 5.74) is -0.187. The van der Waals surface area contributed by atoms with Crippen LogP contribution in [0.3, 0.4) is 0 Å². The first-order chi connectivity index (χ1) is 7.86. The molecule has 2 heterocycles. The quantitative estimate of drug-likeness (QED) is 0.706. The first-order valence-corrected chi connectivity index (χ1v) is 5.66. The SMILES string of the molecule is O=c1ncccn1CCNCC1CCOC1. The van der Waals surface area contributed by atoms with E-state index >= 15 is 0 Å². The third-order valence-electron chi connectivity index (χ3n) is 2.77. The predicted octanol–water partition coefficient (Wildman–Crippen LogP) is -0.131. The number of nitrogens with one attached hydrogen (secondary N) is 1. The molecule has 1 unspecified atom stereocenters. The van der Waals surface area contributed by atoms with Gasteiger partial charge in [-0.3, -0.25) is 4.57 Å². The van der Waals surface area contributed by atoms with Crippen LogP contribution in [0.15, 0.2) is 23.3 Å². The van der Waals surface area contributed by atoms with Crippen LogP contribution in [0.5, 0.6) is 0 Å². The van der Waals surface area contributed by atoms with Crippen molar-refractivity contribution in [1.82, 2.24) is 14.9 Å². The molecule has 0 aliphatic carbocycles. The fourth-order valence-corrected chi connectivity index (χ4v) is 1.81. The van der Waals surface area contributed by atoms with E-state index in [1.807, 2.05) is 0 Å². The number of ether oxygens (including phenoxy) is 1. The number of aromatic nitrogens is 2. The molecule has 1 N–H and O–H groups in total. The molecule has 0 aromatic carbocycles. The Morgan fingerprint density at radius 2 is 2.56 bits per heavy atom. The van der Waals surface area contributed by atoms with Crippen molar-refractivity contribution in [2.45, 2.75) is 13.0 Å². The highest BCUT2D eigenvalue weighted by molar-refractivity contribution is 4.81. The van der Waals surface area contributed by atoms with E-state index < -0.39 is 0 Å². The highest BCUT2D eigenvalue weighted by Gasteiger charge is 2.14. The molecule has 1 aliphatic heterocycles. The van der Waals surface area contributed by atoms with Gasteiger partial charge in [0.1, 0.15) is 0 Å². The highest BCUT2D eigenvalue weighted by atomic mass is 16.5. The van der Waals surface area contributed by atoms with Crippen molar-refractivity contribution in [2.75, 3.05) is 26.3 Å². The lowest BCUT2D eigenvalue weighted by Gasteiger charge is -2.09. The first kappa shape index (κ1) is 11.3. The summed E-state index contributed by atoms with van der Waals surface area (Å²) in [7, 11) is 0. The summed E-state index contributed by atoms with van der Waals surface area (Å²) in [5.74, 6) is 0.630. The molecule has 1 atom stereocenters. The van der Waals surface area contributed by atoms with Gasteiger partial charge in [-0.1, -0.05) is 0 Å². The molecule has 5 nitrogen and oxygen atoms in total. The Balaban J connectivity index is 1.68. The lowest BCUT2D eigenvalue weighted by atomic mass is 10.1. The third-order valence-corrected chi connectivity index (χ3v) is 2.77. The van der Waals surface area contributed by atoms with Crippen molar-refractivity contribution in [1.29, 1.82) is 0 Å². The lowest BCUT2D eigenvalue weighted by molar-refractivity contribution is 0.185. The summed E-state index contributed by atoms with van der Waals surface area (Å²) >= 11 is 0. The average molecular weight is 223 g/mol. The molecule has 1 aromatic rings. The summed E-state index contributed by atoms with van der Waals surface area (Å²) in [4.78, 5) is 15.0. The van der Waals surface area contributed by atoms with E-state index in [4.69, 9.17) is 4.74 Å². The van der Waals surface area contributed by atoms with E-state index in [1.165, 1.54) is 6.20 Å². The molecule has 0 radical (unpaired) electrons. The van der Waals surface area contributed by atoms with Gasteiger partial charge in [0.2, 0.25) is 0 Å². The van der Waals surface area contributed by atoms with Crippen LogP contribution in [-0.2, 0) is 11.3 Å². The van der Waals surface area contributed by atoms with Crippen LogP contribution in [0, 0.1) is 5.92 Å². The zero-order chi connectivity index (χ0) is 11.2. The van der Waals surface area contributed by atoms with Gasteiger partial charge in [-0.2, -0.15) is 0 Å². The van der Waals surface area contributed by atoms with Gasteiger partial charge in [-0.15, -0.1) is 0 Å². The molecular formula is C11H17N3O2. The summed E-state index contributed by atoms with van der Waals surface area (Å²) in [6, 6.07) is 1.77. The zero-order valence-electron chi connectivity index (χ0n) is 9.26. The molecule has 0 bridgehead atoms. The fraction of sp³-hybridized carbons (Fsp3) is 0.636. The Kier molecular flexibility index (Phi) is 4.07. The van der Waals surface area contributed by atoms with E-state index in [0.717, 1.165) is 32.7 Å². The molecule has 1 saturated heterocycles. The Labute approximate surface area is 94.5 Å². The number of nitrogens with zero attached hydrogens (tertiary/aromatic N) is 2. The van der Waals surface area contributed by atoms with Crippen molar-refractivity contribution in [2.24, 2.45) is 5.92 Å². The lowest BCUT2D eigenvalue weighted by Crippen LogP contribution is -2.30. The van der Waals surface area contributed by atoms with E-state index in [1.54, 1.807) is 16.8 Å². The molecular weight excluding hydrogens is 206 g/mol. The van der Waals surface area contributed by atoms with Crippen molar-refractivity contribution >= 4 is 0 Å². The molecule has 0 spiro atoms. The Hall–Kier alpha value is -1.20. The summed E-state index contributed by atoms with van der Waals surface area (Å²) in [5, 5.41) is 3.34. The maximum atomic E-state index is 11.3. The molecule has 0 saturated carbocycles. The van der Waals surface area contributed by atoms with Gasteiger partial charge in [0.15, 0.2) is 0 Å². The van der Waals surface area contributed by atoms with Gasteiger partial charge in [0, 0.05) is 38.6 Å². The molecule has 88 valence electrons. The molecule has 0 amide bonds. The van der Waals surface area contributed by atoms with Gasteiger partial charge in [-0.25, -0.2) is 9.78 Å². The maximum Gasteiger partial charge on any atom is 0.347 e. The minimum atomic E-state index is -0.187. The Bertz CT molecular complexity index is 371. The van der Waals surface area contributed by atoms with E-state index in [-0.39, 0.29) is 5.69 Å². The summed E-state index contributed by atoms with van der Waals surface area (Å²) < 4.78 is 6.90. The molecule has 1 aromatic heterocycles. The van der Waals surface area contributed by atoms with E-state index in [9.17, 15) is 4.79 Å². The second-order valence-corrected chi connectivity index (χ2v) is 4.03. The molecule has 1 aliphatic rings. The monoisotopic (exact) mass is 223 g/mol. The topological polar surface area (TPSA) is 56.2 Å². The molecule has 1 fully saturated rings. The maximum absolute atomic E-state index is 11.3. The van der Waals surface area contributed by atoms with Crippen LogP contribution in [0.1, 0.15) is 6.42 Å². The minimum absolute atomic E-state index is 0.187. The van der Waals surface area contributed by atoms with Crippen molar-refractivity contribution < 1.29 is 4.74 Å². The van der Waals surface area contributed by atoms with Gasteiger partial charge in [0.25, 0.3) is 0 Å². The molecule has 2 rings (SSSR count). The number of hydrogen-bond donors (Lipinski definition) is 1. The van der Waals surface area contributed by atoms with Crippen LogP contribution >= 0.6 is 0 Å². The van der Waals surface area contributed by atoms with Crippen LogP contribution in [0.2, 0.25) is 0 Å². The van der Waals surface area contributed by atoms with Crippen LogP contribution in [-0.4, -0.2) is 35.9 Å². The summed E-state index contributed by atoms with van der Waals surface area (Å²) in [6.45, 7) is 4.17. The molecule has 16 heavy (non-hydrogen) atoms. The van der Waals surface area contributed by atoms with Crippen LogP contribution < -0.4 is 11.0 Å². The Morgan fingerprint density at radius 3 is 3.31 bits per heavy atom. The van der Waals surface area contributed by atoms with Gasteiger partial charge in [0.05, 0.1) is 6.61 Å². The standard InChI is InChI=1S/C11H17N3O2/c15-11-13-3-1-5-14(11)6-4-12-8-10-2-7-16-9-10/h1,3,5,10,12H,2,4,6-9H2. The van der Waals surface area contributed by atoms with Crippen LogP contribution in [0.25, 0.3) is 0 Å². The second kappa shape index (κ2) is 5.77. The van der Waals surface area contributed by atoms with Crippen molar-refractivity contribution in [3.05, 3.63) is 28.9 Å². The fourth-order valence-electron chi connectivity index (χ4n) is 1.81. The largest absolute Gasteiger partial charge is 0.381 e. The second-order valence-electron chi connectivity index (χ2n) is 4.03. The van der Waals surface area contributed by atoms with Crippen molar-refractivity contribution in [3.63, 3.8) is 0 Å². The molecule has 5 heteroatoms. The Morgan fingerprint density at radius 1 is 1.62 bits per heavy atom. The van der Waals surface area contributed by atoms with Crippen molar-refractivity contribution in [3.8, 4) is 0 Å². The average Bonchev–Trinajstić information content (AvgIpc) is 2.79. The minimum Gasteiger partial charge on any atom is -0.381 e. The first-order valence-electron chi connectivity index (χ1n) is 5.66. The van der Waals surface area contributed by atoms with Crippen LogP contribution in [0.4, 0.5) is 0 Å². The smallest absolute Gasteiger partial charge is 0.347 e.